The van der Waals surface area contributed by atoms with Crippen molar-refractivity contribution >= 4 is 16.7 Å². The predicted molar refractivity (Wildman–Crippen MR) is 100 cm³/mol. The lowest BCUT2D eigenvalue weighted by Gasteiger charge is -2.23. The van der Waals surface area contributed by atoms with E-state index in [1.54, 1.807) is 25.3 Å². The molecule has 1 aromatic heterocycles. The first-order valence-corrected chi connectivity index (χ1v) is 8.68. The Kier molecular flexibility index (Phi) is 5.28. The van der Waals surface area contributed by atoms with Crippen molar-refractivity contribution < 1.29 is 19.1 Å². The first-order valence-electron chi connectivity index (χ1n) is 8.68. The van der Waals surface area contributed by atoms with E-state index in [9.17, 15) is 9.90 Å². The normalized spacial score (nSPS) is 13.3. The summed E-state index contributed by atoms with van der Waals surface area (Å²) >= 11 is 0. The number of nitrogens with one attached hydrogen (secondary N) is 1. The molecule has 0 saturated heterocycles. The first kappa shape index (κ1) is 18.0. The minimum absolute atomic E-state index is 0.0985. The molecule has 3 aromatic rings. The highest BCUT2D eigenvalue weighted by atomic mass is 16.5. The van der Waals surface area contributed by atoms with Crippen molar-refractivity contribution in [2.45, 2.75) is 25.9 Å². The molecule has 1 unspecified atom stereocenters. The van der Waals surface area contributed by atoms with Gasteiger partial charge in [0.15, 0.2) is 0 Å². The molecule has 2 N–H and O–H groups in total. The van der Waals surface area contributed by atoms with Crippen LogP contribution in [0.3, 0.4) is 0 Å². The predicted octanol–water partition coefficient (Wildman–Crippen LogP) is 3.56. The van der Waals surface area contributed by atoms with Gasteiger partial charge in [0.2, 0.25) is 0 Å². The van der Waals surface area contributed by atoms with Crippen molar-refractivity contribution in [3.05, 3.63) is 66.1 Å². The molecule has 136 valence electrons. The van der Waals surface area contributed by atoms with Crippen molar-refractivity contribution in [2.75, 3.05) is 13.2 Å². The van der Waals surface area contributed by atoms with Gasteiger partial charge in [0.05, 0.1) is 24.0 Å². The maximum atomic E-state index is 12.9. The summed E-state index contributed by atoms with van der Waals surface area (Å²) in [6, 6.07) is 15.0. The maximum absolute atomic E-state index is 12.9. The third kappa shape index (κ3) is 4.06. The van der Waals surface area contributed by atoms with Crippen LogP contribution in [0.4, 0.5) is 0 Å². The van der Waals surface area contributed by atoms with Crippen LogP contribution in [0.15, 0.2) is 59.2 Å². The summed E-state index contributed by atoms with van der Waals surface area (Å²) in [5.74, 6) is 0.934. The molecule has 1 atom stereocenters. The zero-order valence-electron chi connectivity index (χ0n) is 15.0. The Balaban J connectivity index is 1.81. The van der Waals surface area contributed by atoms with E-state index in [-0.39, 0.29) is 12.5 Å². The number of benzene rings is 2. The van der Waals surface area contributed by atoms with Gasteiger partial charge in [-0.2, -0.15) is 0 Å². The van der Waals surface area contributed by atoms with Gasteiger partial charge < -0.3 is 19.6 Å². The summed E-state index contributed by atoms with van der Waals surface area (Å²) in [6.07, 6.45) is 1.88. The molecule has 0 fully saturated rings. The van der Waals surface area contributed by atoms with Crippen LogP contribution in [-0.2, 0) is 6.42 Å². The fourth-order valence-electron chi connectivity index (χ4n) is 2.97. The van der Waals surface area contributed by atoms with Gasteiger partial charge in [0, 0.05) is 13.0 Å². The van der Waals surface area contributed by atoms with Gasteiger partial charge in [-0.3, -0.25) is 4.79 Å². The Morgan fingerprint density at radius 3 is 2.73 bits per heavy atom. The van der Waals surface area contributed by atoms with Crippen LogP contribution in [0.5, 0.6) is 5.75 Å². The summed E-state index contributed by atoms with van der Waals surface area (Å²) in [7, 11) is 0. The zero-order chi connectivity index (χ0) is 18.6. The topological polar surface area (TPSA) is 71.7 Å². The van der Waals surface area contributed by atoms with Gasteiger partial charge in [-0.15, -0.1) is 0 Å². The van der Waals surface area contributed by atoms with Crippen molar-refractivity contribution in [2.24, 2.45) is 0 Å². The minimum atomic E-state index is -1.12. The molecule has 0 radical (unpaired) electrons. The van der Waals surface area contributed by atoms with E-state index < -0.39 is 5.60 Å². The van der Waals surface area contributed by atoms with E-state index in [1.807, 2.05) is 43.3 Å². The summed E-state index contributed by atoms with van der Waals surface area (Å²) in [4.78, 5) is 12.9. The molecule has 1 amide bonds. The Bertz CT molecular complexity index is 884. The number of furan rings is 1. The smallest absolute Gasteiger partial charge is 0.255 e. The van der Waals surface area contributed by atoms with Gasteiger partial charge in [0.1, 0.15) is 11.5 Å². The number of rotatable bonds is 7. The van der Waals surface area contributed by atoms with E-state index in [0.717, 1.165) is 10.8 Å². The molecule has 3 rings (SSSR count). The average Bonchev–Trinajstić information content (AvgIpc) is 3.12. The maximum Gasteiger partial charge on any atom is 0.255 e. The fourth-order valence-corrected chi connectivity index (χ4v) is 2.97. The molecule has 0 aliphatic carbocycles. The summed E-state index contributed by atoms with van der Waals surface area (Å²) in [5, 5.41) is 15.2. The molecular formula is C21H23NO4. The molecule has 1 heterocycles. The lowest BCUT2D eigenvalue weighted by Crippen LogP contribution is -2.42. The average molecular weight is 353 g/mol. The molecule has 0 bridgehead atoms. The van der Waals surface area contributed by atoms with Crippen molar-refractivity contribution in [3.8, 4) is 5.75 Å². The molecule has 0 aliphatic heterocycles. The highest BCUT2D eigenvalue weighted by Gasteiger charge is 2.25. The number of carbonyl (C=O) groups is 1. The van der Waals surface area contributed by atoms with Crippen LogP contribution >= 0.6 is 0 Å². The number of ether oxygens (including phenoxy) is 1. The van der Waals surface area contributed by atoms with E-state index in [1.165, 1.54) is 0 Å². The highest BCUT2D eigenvalue weighted by Crippen LogP contribution is 2.28. The molecule has 26 heavy (non-hydrogen) atoms. The second-order valence-electron chi connectivity index (χ2n) is 6.53. The monoisotopic (exact) mass is 353 g/mol. The summed E-state index contributed by atoms with van der Waals surface area (Å²) < 4.78 is 10.9. The standard InChI is InChI=1S/C21H23NO4/c1-3-25-18-11-10-15-7-4-5-9-17(15)19(18)20(23)22-14-21(2,24)13-16-8-6-12-26-16/h4-12,24H,3,13-14H2,1-2H3,(H,22,23). The van der Waals surface area contributed by atoms with Crippen LogP contribution in [0, 0.1) is 0 Å². The minimum Gasteiger partial charge on any atom is -0.493 e. The second-order valence-corrected chi connectivity index (χ2v) is 6.53. The lowest BCUT2D eigenvalue weighted by molar-refractivity contribution is 0.0509. The van der Waals surface area contributed by atoms with E-state index in [2.05, 4.69) is 5.32 Å². The Morgan fingerprint density at radius 1 is 1.19 bits per heavy atom. The van der Waals surface area contributed by atoms with Crippen LogP contribution in [0.2, 0.25) is 0 Å². The number of hydrogen-bond acceptors (Lipinski definition) is 4. The van der Waals surface area contributed by atoms with E-state index in [0.29, 0.717) is 30.1 Å². The number of aliphatic hydroxyl groups is 1. The van der Waals surface area contributed by atoms with Crippen molar-refractivity contribution in [1.82, 2.24) is 5.32 Å². The van der Waals surface area contributed by atoms with E-state index >= 15 is 0 Å². The van der Waals surface area contributed by atoms with Gasteiger partial charge >= 0.3 is 0 Å². The Hall–Kier alpha value is -2.79. The summed E-state index contributed by atoms with van der Waals surface area (Å²) in [6.45, 7) is 4.11. The molecule has 0 aliphatic rings. The molecule has 2 aromatic carbocycles. The SMILES string of the molecule is CCOc1ccc2ccccc2c1C(=O)NCC(C)(O)Cc1ccco1. The number of amides is 1. The second kappa shape index (κ2) is 7.62. The van der Waals surface area contributed by atoms with Crippen LogP contribution in [-0.4, -0.2) is 29.8 Å². The number of fused-ring (bicyclic) bond motifs is 1. The number of carbonyl (C=O) groups excluding carboxylic acids is 1. The largest absolute Gasteiger partial charge is 0.493 e. The molecule has 5 nitrogen and oxygen atoms in total. The fraction of sp³-hybridized carbons (Fsp3) is 0.286. The van der Waals surface area contributed by atoms with Crippen molar-refractivity contribution in [3.63, 3.8) is 0 Å². The van der Waals surface area contributed by atoms with Gasteiger partial charge in [-0.25, -0.2) is 0 Å². The highest BCUT2D eigenvalue weighted by molar-refractivity contribution is 6.09. The first-order chi connectivity index (χ1) is 12.5. The molecule has 0 spiro atoms. The molecular weight excluding hydrogens is 330 g/mol. The van der Waals surface area contributed by atoms with Crippen LogP contribution in [0.25, 0.3) is 10.8 Å². The van der Waals surface area contributed by atoms with Crippen LogP contribution < -0.4 is 10.1 Å². The third-order valence-electron chi connectivity index (χ3n) is 4.18. The quantitative estimate of drug-likeness (QED) is 0.681. The van der Waals surface area contributed by atoms with Crippen LogP contribution in [0.1, 0.15) is 30.0 Å². The third-order valence-corrected chi connectivity index (χ3v) is 4.18. The Morgan fingerprint density at radius 2 is 2.00 bits per heavy atom. The van der Waals surface area contributed by atoms with Gasteiger partial charge in [-0.05, 0) is 42.8 Å². The molecule has 0 saturated carbocycles. The summed E-state index contributed by atoms with van der Waals surface area (Å²) in [5.41, 5.74) is -0.636. The lowest BCUT2D eigenvalue weighted by atomic mass is 9.99. The molecule has 5 heteroatoms. The van der Waals surface area contributed by atoms with Crippen molar-refractivity contribution in [1.29, 1.82) is 0 Å². The van der Waals surface area contributed by atoms with Gasteiger partial charge in [0.25, 0.3) is 5.91 Å². The Labute approximate surface area is 152 Å². The van der Waals surface area contributed by atoms with E-state index in [4.69, 9.17) is 9.15 Å². The zero-order valence-corrected chi connectivity index (χ0v) is 15.0. The van der Waals surface area contributed by atoms with Gasteiger partial charge in [-0.1, -0.05) is 30.3 Å². The number of hydrogen-bond donors (Lipinski definition) is 2.